The lowest BCUT2D eigenvalue weighted by Gasteiger charge is -2.51. The summed E-state index contributed by atoms with van der Waals surface area (Å²) in [6.07, 6.45) is 5.01. The van der Waals surface area contributed by atoms with Crippen LogP contribution in [-0.4, -0.2) is 44.3 Å². The van der Waals surface area contributed by atoms with Crippen LogP contribution in [0.3, 0.4) is 0 Å². The molecule has 3 unspecified atom stereocenters. The molecule has 0 aliphatic heterocycles. The second-order valence-corrected chi connectivity index (χ2v) is 5.73. The summed E-state index contributed by atoms with van der Waals surface area (Å²) in [4.78, 5) is 2.49. The topological polar surface area (TPSA) is 38.5 Å². The Balaban J connectivity index is 2.65. The fraction of sp³-hybridized carbons (Fsp3) is 1.00. The van der Waals surface area contributed by atoms with E-state index in [-0.39, 0.29) is 5.54 Å². The minimum atomic E-state index is 0.214. The minimum absolute atomic E-state index is 0.214. The third-order valence-corrected chi connectivity index (χ3v) is 4.93. The van der Waals surface area contributed by atoms with Crippen LogP contribution in [0.5, 0.6) is 0 Å². The van der Waals surface area contributed by atoms with Crippen molar-refractivity contribution in [2.24, 2.45) is 17.6 Å². The van der Waals surface area contributed by atoms with Crippen LogP contribution < -0.4 is 5.73 Å². The molecule has 1 aliphatic rings. The molecule has 0 amide bonds. The molecule has 0 aromatic heterocycles. The summed E-state index contributed by atoms with van der Waals surface area (Å²) >= 11 is 0. The van der Waals surface area contributed by atoms with E-state index in [1.54, 1.807) is 7.11 Å². The lowest BCUT2D eigenvalue weighted by Crippen LogP contribution is -2.59. The molecule has 3 nitrogen and oxygen atoms in total. The molecule has 1 fully saturated rings. The predicted octanol–water partition coefficient (Wildman–Crippen LogP) is 2.11. The Morgan fingerprint density at radius 1 is 1.41 bits per heavy atom. The summed E-state index contributed by atoms with van der Waals surface area (Å²) in [5.74, 6) is 1.48. The van der Waals surface area contributed by atoms with Gasteiger partial charge in [0.1, 0.15) is 0 Å². The van der Waals surface area contributed by atoms with Crippen LogP contribution in [0.2, 0.25) is 0 Å². The van der Waals surface area contributed by atoms with Crippen LogP contribution >= 0.6 is 0 Å². The Kier molecular flexibility index (Phi) is 5.90. The van der Waals surface area contributed by atoms with Gasteiger partial charge in [-0.05, 0) is 31.7 Å². The third kappa shape index (κ3) is 3.21. The van der Waals surface area contributed by atoms with Crippen LogP contribution in [0.4, 0.5) is 0 Å². The number of hydrogen-bond acceptors (Lipinski definition) is 3. The van der Waals surface area contributed by atoms with Gasteiger partial charge in [0.15, 0.2) is 0 Å². The van der Waals surface area contributed by atoms with Crippen LogP contribution in [-0.2, 0) is 4.74 Å². The number of nitrogens with zero attached hydrogens (tertiary/aromatic N) is 1. The first-order valence-corrected chi connectivity index (χ1v) is 6.98. The highest BCUT2D eigenvalue weighted by Gasteiger charge is 2.43. The molecule has 0 saturated heterocycles. The van der Waals surface area contributed by atoms with Gasteiger partial charge in [-0.15, -0.1) is 0 Å². The van der Waals surface area contributed by atoms with E-state index in [9.17, 15) is 0 Å². The van der Waals surface area contributed by atoms with Gasteiger partial charge >= 0.3 is 0 Å². The zero-order chi connectivity index (χ0) is 12.9. The van der Waals surface area contributed by atoms with Gasteiger partial charge in [-0.25, -0.2) is 0 Å². The second-order valence-electron chi connectivity index (χ2n) is 5.73. The van der Waals surface area contributed by atoms with E-state index in [0.717, 1.165) is 32.0 Å². The van der Waals surface area contributed by atoms with Gasteiger partial charge in [-0.1, -0.05) is 26.7 Å². The van der Waals surface area contributed by atoms with Crippen molar-refractivity contribution >= 4 is 0 Å². The molecule has 0 aromatic rings. The number of ether oxygens (including phenoxy) is 1. The number of methoxy groups -OCH3 is 1. The summed E-state index contributed by atoms with van der Waals surface area (Å²) < 4.78 is 5.14. The SMILES string of the molecule is COCCCN(C)C1(CN)CCCC(C)C1C. The van der Waals surface area contributed by atoms with E-state index in [1.807, 2.05) is 0 Å². The molecule has 0 heterocycles. The Hall–Kier alpha value is -0.120. The highest BCUT2D eigenvalue weighted by molar-refractivity contribution is 4.99. The van der Waals surface area contributed by atoms with Crippen LogP contribution in [0, 0.1) is 11.8 Å². The largest absolute Gasteiger partial charge is 0.385 e. The average molecular weight is 242 g/mol. The predicted molar refractivity (Wildman–Crippen MR) is 73.1 cm³/mol. The van der Waals surface area contributed by atoms with E-state index in [1.165, 1.54) is 19.3 Å². The fourth-order valence-corrected chi connectivity index (χ4v) is 3.39. The highest BCUT2D eigenvalue weighted by Crippen LogP contribution is 2.40. The molecular weight excluding hydrogens is 212 g/mol. The maximum absolute atomic E-state index is 6.12. The molecule has 1 aliphatic carbocycles. The van der Waals surface area contributed by atoms with E-state index >= 15 is 0 Å². The Morgan fingerprint density at radius 3 is 2.71 bits per heavy atom. The first kappa shape index (κ1) is 14.9. The summed E-state index contributed by atoms with van der Waals surface area (Å²) in [5, 5.41) is 0. The van der Waals surface area contributed by atoms with Gasteiger partial charge in [0.05, 0.1) is 0 Å². The van der Waals surface area contributed by atoms with Crippen molar-refractivity contribution in [3.63, 3.8) is 0 Å². The zero-order valence-corrected chi connectivity index (χ0v) is 12.0. The Morgan fingerprint density at radius 2 is 2.12 bits per heavy atom. The van der Waals surface area contributed by atoms with E-state index < -0.39 is 0 Å². The van der Waals surface area contributed by atoms with E-state index in [0.29, 0.717) is 5.92 Å². The maximum Gasteiger partial charge on any atom is 0.0474 e. The lowest BCUT2D eigenvalue weighted by atomic mass is 9.67. The van der Waals surface area contributed by atoms with Crippen molar-refractivity contribution in [2.45, 2.75) is 45.1 Å². The number of rotatable bonds is 6. The van der Waals surface area contributed by atoms with Crippen molar-refractivity contribution in [2.75, 3.05) is 33.9 Å². The van der Waals surface area contributed by atoms with Gasteiger partial charge in [-0.3, -0.25) is 4.90 Å². The summed E-state index contributed by atoms with van der Waals surface area (Å²) in [5.41, 5.74) is 6.34. The normalized spacial score (nSPS) is 34.2. The first-order valence-electron chi connectivity index (χ1n) is 6.98. The number of nitrogens with two attached hydrogens (primary N) is 1. The summed E-state index contributed by atoms with van der Waals surface area (Å²) in [6.45, 7) is 7.46. The van der Waals surface area contributed by atoms with Crippen LogP contribution in [0.25, 0.3) is 0 Å². The van der Waals surface area contributed by atoms with Gasteiger partial charge < -0.3 is 10.5 Å². The molecule has 0 aromatic carbocycles. The highest BCUT2D eigenvalue weighted by atomic mass is 16.5. The van der Waals surface area contributed by atoms with Gasteiger partial charge in [0, 0.05) is 32.3 Å². The van der Waals surface area contributed by atoms with Gasteiger partial charge in [-0.2, -0.15) is 0 Å². The molecule has 3 heteroatoms. The fourth-order valence-electron chi connectivity index (χ4n) is 3.39. The van der Waals surface area contributed by atoms with Crippen molar-refractivity contribution in [3.05, 3.63) is 0 Å². The Bertz CT molecular complexity index is 222. The smallest absolute Gasteiger partial charge is 0.0474 e. The van der Waals surface area contributed by atoms with Gasteiger partial charge in [0.25, 0.3) is 0 Å². The van der Waals surface area contributed by atoms with Crippen molar-refractivity contribution in [1.82, 2.24) is 4.90 Å². The van der Waals surface area contributed by atoms with Crippen molar-refractivity contribution < 1.29 is 4.74 Å². The van der Waals surface area contributed by atoms with Crippen molar-refractivity contribution in [3.8, 4) is 0 Å². The average Bonchev–Trinajstić information content (AvgIpc) is 2.33. The number of likely N-dealkylation sites (N-methyl/N-ethyl adjacent to an activating group) is 1. The van der Waals surface area contributed by atoms with E-state index in [4.69, 9.17) is 10.5 Å². The molecule has 0 spiro atoms. The maximum atomic E-state index is 6.12. The summed E-state index contributed by atoms with van der Waals surface area (Å²) in [7, 11) is 4.00. The minimum Gasteiger partial charge on any atom is -0.385 e. The quantitative estimate of drug-likeness (QED) is 0.725. The molecule has 1 saturated carbocycles. The molecule has 0 radical (unpaired) electrons. The standard InChI is InChI=1S/C14H30N2O/c1-12-7-5-8-14(11-15,13(12)2)16(3)9-6-10-17-4/h12-13H,5-11,15H2,1-4H3. The molecule has 1 rings (SSSR count). The van der Waals surface area contributed by atoms with Gasteiger partial charge in [0.2, 0.25) is 0 Å². The third-order valence-electron chi connectivity index (χ3n) is 4.93. The first-order chi connectivity index (χ1) is 8.08. The van der Waals surface area contributed by atoms with Crippen LogP contribution in [0.1, 0.15) is 39.5 Å². The molecule has 0 bridgehead atoms. The molecule has 102 valence electrons. The zero-order valence-electron chi connectivity index (χ0n) is 12.0. The van der Waals surface area contributed by atoms with E-state index in [2.05, 4.69) is 25.8 Å². The molecular formula is C14H30N2O. The van der Waals surface area contributed by atoms with Crippen LogP contribution in [0.15, 0.2) is 0 Å². The summed E-state index contributed by atoms with van der Waals surface area (Å²) in [6, 6.07) is 0. The Labute approximate surface area is 107 Å². The molecule has 2 N–H and O–H groups in total. The lowest BCUT2D eigenvalue weighted by molar-refractivity contribution is 0.00257. The molecule has 17 heavy (non-hydrogen) atoms. The van der Waals surface area contributed by atoms with Crippen molar-refractivity contribution in [1.29, 1.82) is 0 Å². The monoisotopic (exact) mass is 242 g/mol. The number of hydrogen-bond donors (Lipinski definition) is 1. The second kappa shape index (κ2) is 6.72. The molecule has 3 atom stereocenters.